The SMILES string of the molecule is CC(C)S(=O)(=O)CC1CC1CC(C)S(=O)(=O)CC1CCCC1. The molecule has 4 nitrogen and oxygen atoms in total. The van der Waals surface area contributed by atoms with Crippen molar-refractivity contribution in [3.63, 3.8) is 0 Å². The van der Waals surface area contributed by atoms with Crippen molar-refractivity contribution < 1.29 is 16.8 Å². The normalized spacial score (nSPS) is 28.2. The van der Waals surface area contributed by atoms with E-state index < -0.39 is 19.7 Å². The van der Waals surface area contributed by atoms with Gasteiger partial charge in [-0.3, -0.25) is 0 Å². The topological polar surface area (TPSA) is 68.3 Å². The minimum absolute atomic E-state index is 0.177. The zero-order chi connectivity index (χ0) is 16.5. The summed E-state index contributed by atoms with van der Waals surface area (Å²) in [6.45, 7) is 5.22. The third-order valence-electron chi connectivity index (χ3n) is 5.42. The Morgan fingerprint density at radius 3 is 2.00 bits per heavy atom. The molecule has 0 saturated heterocycles. The van der Waals surface area contributed by atoms with E-state index in [0.29, 0.717) is 18.1 Å². The maximum atomic E-state index is 12.4. The van der Waals surface area contributed by atoms with Gasteiger partial charge >= 0.3 is 0 Å². The van der Waals surface area contributed by atoms with Crippen molar-refractivity contribution in [3.05, 3.63) is 0 Å². The number of hydrogen-bond acceptors (Lipinski definition) is 4. The summed E-state index contributed by atoms with van der Waals surface area (Å²) < 4.78 is 48.7. The summed E-state index contributed by atoms with van der Waals surface area (Å²) >= 11 is 0. The average Bonchev–Trinajstić information content (AvgIpc) is 2.89. The summed E-state index contributed by atoms with van der Waals surface area (Å²) in [5, 5.41) is -0.665. The third-order valence-corrected chi connectivity index (χ3v) is 10.1. The van der Waals surface area contributed by atoms with Gasteiger partial charge in [0.15, 0.2) is 19.7 Å². The van der Waals surface area contributed by atoms with Gasteiger partial charge in [-0.25, -0.2) is 16.8 Å². The van der Waals surface area contributed by atoms with Crippen molar-refractivity contribution in [1.82, 2.24) is 0 Å². The van der Waals surface area contributed by atoms with E-state index in [9.17, 15) is 16.8 Å². The quantitative estimate of drug-likeness (QED) is 0.675. The first-order chi connectivity index (χ1) is 10.1. The van der Waals surface area contributed by atoms with Crippen LogP contribution in [0.2, 0.25) is 0 Å². The molecule has 0 N–H and O–H groups in total. The van der Waals surface area contributed by atoms with Gasteiger partial charge in [0.1, 0.15) is 0 Å². The maximum absolute atomic E-state index is 12.4. The van der Waals surface area contributed by atoms with Crippen LogP contribution in [0.1, 0.15) is 59.3 Å². The monoisotopic (exact) mass is 350 g/mol. The Morgan fingerprint density at radius 2 is 1.45 bits per heavy atom. The van der Waals surface area contributed by atoms with E-state index in [4.69, 9.17) is 0 Å². The van der Waals surface area contributed by atoms with Crippen LogP contribution in [0.5, 0.6) is 0 Å². The molecule has 0 bridgehead atoms. The van der Waals surface area contributed by atoms with Gasteiger partial charge in [-0.05, 0) is 64.2 Å². The van der Waals surface area contributed by atoms with Crippen LogP contribution in [0.4, 0.5) is 0 Å². The highest BCUT2D eigenvalue weighted by Gasteiger charge is 2.43. The van der Waals surface area contributed by atoms with Crippen molar-refractivity contribution in [2.24, 2.45) is 17.8 Å². The Kier molecular flexibility index (Phi) is 5.63. The molecule has 0 radical (unpaired) electrons. The van der Waals surface area contributed by atoms with Crippen LogP contribution in [0.3, 0.4) is 0 Å². The molecule has 130 valence electrons. The maximum Gasteiger partial charge on any atom is 0.153 e. The third kappa shape index (κ3) is 4.70. The largest absolute Gasteiger partial charge is 0.229 e. The summed E-state index contributed by atoms with van der Waals surface area (Å²) in [6.07, 6.45) is 5.91. The summed E-state index contributed by atoms with van der Waals surface area (Å²) in [5.74, 6) is 1.36. The Labute approximate surface area is 135 Å². The van der Waals surface area contributed by atoms with Gasteiger partial charge in [0.25, 0.3) is 0 Å². The van der Waals surface area contributed by atoms with E-state index >= 15 is 0 Å². The van der Waals surface area contributed by atoms with Gasteiger partial charge in [-0.1, -0.05) is 12.8 Å². The fraction of sp³-hybridized carbons (Fsp3) is 1.00. The first-order valence-corrected chi connectivity index (χ1v) is 12.0. The molecular formula is C16H30O4S2. The fourth-order valence-corrected chi connectivity index (χ4v) is 6.79. The van der Waals surface area contributed by atoms with Crippen molar-refractivity contribution in [2.75, 3.05) is 11.5 Å². The van der Waals surface area contributed by atoms with Gasteiger partial charge < -0.3 is 0 Å². The molecule has 2 rings (SSSR count). The van der Waals surface area contributed by atoms with Gasteiger partial charge in [0.2, 0.25) is 0 Å². The minimum Gasteiger partial charge on any atom is -0.229 e. The predicted molar refractivity (Wildman–Crippen MR) is 90.3 cm³/mol. The van der Waals surface area contributed by atoms with Gasteiger partial charge in [-0.2, -0.15) is 0 Å². The van der Waals surface area contributed by atoms with E-state index in [2.05, 4.69) is 0 Å². The molecule has 22 heavy (non-hydrogen) atoms. The highest BCUT2D eigenvalue weighted by molar-refractivity contribution is 7.92. The van der Waals surface area contributed by atoms with E-state index in [1.54, 1.807) is 20.8 Å². The fourth-order valence-electron chi connectivity index (χ4n) is 3.54. The molecule has 0 aromatic rings. The second kappa shape index (κ2) is 6.80. The summed E-state index contributed by atoms with van der Waals surface area (Å²) in [7, 11) is -6.04. The molecule has 6 heteroatoms. The lowest BCUT2D eigenvalue weighted by atomic mass is 10.1. The van der Waals surface area contributed by atoms with E-state index in [1.165, 1.54) is 0 Å². The summed E-state index contributed by atoms with van der Waals surface area (Å²) in [6, 6.07) is 0. The van der Waals surface area contributed by atoms with E-state index in [1.807, 2.05) is 0 Å². The molecule has 3 atom stereocenters. The molecule has 0 heterocycles. The van der Waals surface area contributed by atoms with Crippen LogP contribution >= 0.6 is 0 Å². The number of sulfone groups is 2. The lowest BCUT2D eigenvalue weighted by Gasteiger charge is -2.16. The van der Waals surface area contributed by atoms with E-state index in [0.717, 1.165) is 32.1 Å². The Bertz CT molecular complexity index is 571. The van der Waals surface area contributed by atoms with Crippen LogP contribution in [-0.4, -0.2) is 38.8 Å². The molecule has 0 aromatic carbocycles. The molecule has 0 aromatic heterocycles. The van der Waals surface area contributed by atoms with Crippen LogP contribution < -0.4 is 0 Å². The molecule has 2 aliphatic rings. The van der Waals surface area contributed by atoms with Crippen molar-refractivity contribution in [1.29, 1.82) is 0 Å². The van der Waals surface area contributed by atoms with Crippen LogP contribution in [-0.2, 0) is 19.7 Å². The molecule has 0 spiro atoms. The second-order valence-electron chi connectivity index (χ2n) is 7.66. The summed E-state index contributed by atoms with van der Waals surface area (Å²) in [5.41, 5.74) is 0. The molecule has 2 fully saturated rings. The standard InChI is InChI=1S/C16H30O4S2/c1-12(2)21(17,18)11-16-9-15(16)8-13(3)22(19,20)10-14-6-4-5-7-14/h12-16H,4-11H2,1-3H3. The van der Waals surface area contributed by atoms with Crippen molar-refractivity contribution in [3.8, 4) is 0 Å². The average molecular weight is 351 g/mol. The van der Waals surface area contributed by atoms with Gasteiger partial charge in [-0.15, -0.1) is 0 Å². The van der Waals surface area contributed by atoms with Crippen LogP contribution in [0, 0.1) is 17.8 Å². The molecule has 3 unspecified atom stereocenters. The molecule has 0 amide bonds. The molecule has 2 saturated carbocycles. The highest BCUT2D eigenvalue weighted by atomic mass is 32.2. The van der Waals surface area contributed by atoms with Crippen LogP contribution in [0.25, 0.3) is 0 Å². The predicted octanol–water partition coefficient (Wildman–Crippen LogP) is 2.83. The lowest BCUT2D eigenvalue weighted by Crippen LogP contribution is -2.26. The second-order valence-corrected chi connectivity index (χ2v) is 12.7. The minimum atomic E-state index is -3.03. The number of rotatable bonds is 8. The Morgan fingerprint density at radius 1 is 0.864 bits per heavy atom. The first kappa shape index (κ1) is 18.2. The Balaban J connectivity index is 1.82. The Hall–Kier alpha value is -0.100. The lowest BCUT2D eigenvalue weighted by molar-refractivity contribution is 0.536. The van der Waals surface area contributed by atoms with Crippen molar-refractivity contribution in [2.45, 2.75) is 69.8 Å². The first-order valence-electron chi connectivity index (χ1n) is 8.55. The zero-order valence-corrected chi connectivity index (χ0v) is 15.6. The highest BCUT2D eigenvalue weighted by Crippen LogP contribution is 2.44. The molecular weight excluding hydrogens is 320 g/mol. The summed E-state index contributed by atoms with van der Waals surface area (Å²) in [4.78, 5) is 0. The van der Waals surface area contributed by atoms with Gasteiger partial charge in [0.05, 0.1) is 22.0 Å². The number of hydrogen-bond donors (Lipinski definition) is 0. The smallest absolute Gasteiger partial charge is 0.153 e. The van der Waals surface area contributed by atoms with E-state index in [-0.39, 0.29) is 28.1 Å². The van der Waals surface area contributed by atoms with Crippen LogP contribution in [0.15, 0.2) is 0 Å². The van der Waals surface area contributed by atoms with Crippen molar-refractivity contribution >= 4 is 19.7 Å². The molecule has 2 aliphatic carbocycles. The zero-order valence-electron chi connectivity index (χ0n) is 14.0. The van der Waals surface area contributed by atoms with Gasteiger partial charge in [0, 0.05) is 0 Å². The molecule has 0 aliphatic heterocycles.